The van der Waals surface area contributed by atoms with Crippen molar-refractivity contribution < 1.29 is 8.42 Å². The Morgan fingerprint density at radius 1 is 1.33 bits per heavy atom. The molecular formula is C12H19ClN2O2S. The third kappa shape index (κ3) is 4.15. The van der Waals surface area contributed by atoms with E-state index in [1.54, 1.807) is 6.07 Å². The Morgan fingerprint density at radius 3 is 2.50 bits per heavy atom. The summed E-state index contributed by atoms with van der Waals surface area (Å²) in [4.78, 5) is 0.0330. The van der Waals surface area contributed by atoms with Crippen LogP contribution >= 0.6 is 11.6 Å². The molecule has 1 rings (SSSR count). The monoisotopic (exact) mass is 290 g/mol. The highest BCUT2D eigenvalue weighted by Crippen LogP contribution is 2.23. The summed E-state index contributed by atoms with van der Waals surface area (Å²) < 4.78 is 26.9. The zero-order valence-electron chi connectivity index (χ0n) is 10.8. The predicted octanol–water partition coefficient (Wildman–Crippen LogP) is 2.64. The number of sulfonamides is 1. The van der Waals surface area contributed by atoms with Crippen LogP contribution in [0.15, 0.2) is 23.1 Å². The molecule has 0 aromatic heterocycles. The third-order valence-corrected chi connectivity index (χ3v) is 4.33. The molecule has 0 aliphatic rings. The second-order valence-corrected chi connectivity index (χ2v) is 6.95. The lowest BCUT2D eigenvalue weighted by Crippen LogP contribution is -2.33. The highest BCUT2D eigenvalue weighted by Gasteiger charge is 2.20. The number of hydrogen-bond donors (Lipinski definition) is 2. The highest BCUT2D eigenvalue weighted by atomic mass is 35.5. The van der Waals surface area contributed by atoms with Crippen molar-refractivity contribution in [3.63, 3.8) is 0 Å². The minimum Gasteiger partial charge on any atom is -0.398 e. The molecule has 0 fully saturated rings. The van der Waals surface area contributed by atoms with E-state index in [2.05, 4.69) is 4.72 Å². The summed E-state index contributed by atoms with van der Waals surface area (Å²) in [5.74, 6) is 0.416. The Hall–Kier alpha value is -0.780. The van der Waals surface area contributed by atoms with Gasteiger partial charge in [0.05, 0.1) is 5.69 Å². The van der Waals surface area contributed by atoms with Crippen LogP contribution in [0.3, 0.4) is 0 Å². The van der Waals surface area contributed by atoms with Gasteiger partial charge in [-0.3, -0.25) is 0 Å². The third-order valence-electron chi connectivity index (χ3n) is 2.45. The van der Waals surface area contributed by atoms with Crippen LogP contribution in [0.2, 0.25) is 5.02 Å². The summed E-state index contributed by atoms with van der Waals surface area (Å²) >= 11 is 5.80. The summed E-state index contributed by atoms with van der Waals surface area (Å²) in [5.41, 5.74) is 5.87. The summed E-state index contributed by atoms with van der Waals surface area (Å²) in [5, 5.41) is 0.348. The Labute approximate surface area is 114 Å². The fraction of sp³-hybridized carbons (Fsp3) is 0.500. The zero-order chi connectivity index (χ0) is 13.9. The maximum Gasteiger partial charge on any atom is 0.242 e. The summed E-state index contributed by atoms with van der Waals surface area (Å²) in [6.07, 6.45) is 0.764. The van der Waals surface area contributed by atoms with Gasteiger partial charge in [0, 0.05) is 11.1 Å². The predicted molar refractivity (Wildman–Crippen MR) is 75.1 cm³/mol. The van der Waals surface area contributed by atoms with E-state index in [0.717, 1.165) is 6.42 Å². The van der Waals surface area contributed by atoms with Crippen molar-refractivity contribution in [2.45, 2.75) is 38.1 Å². The molecule has 0 saturated heterocycles. The molecule has 1 aromatic carbocycles. The van der Waals surface area contributed by atoms with Crippen LogP contribution in [0.25, 0.3) is 0 Å². The molecule has 18 heavy (non-hydrogen) atoms. The zero-order valence-corrected chi connectivity index (χ0v) is 12.3. The smallest absolute Gasteiger partial charge is 0.242 e. The molecule has 0 aliphatic carbocycles. The van der Waals surface area contributed by atoms with Gasteiger partial charge in [0.2, 0.25) is 10.0 Å². The fourth-order valence-corrected chi connectivity index (χ4v) is 3.47. The van der Waals surface area contributed by atoms with Gasteiger partial charge in [-0.2, -0.15) is 0 Å². The highest BCUT2D eigenvalue weighted by molar-refractivity contribution is 7.89. The maximum atomic E-state index is 12.1. The number of nitrogens with one attached hydrogen (secondary N) is 1. The molecule has 3 N–H and O–H groups in total. The van der Waals surface area contributed by atoms with Gasteiger partial charge < -0.3 is 5.73 Å². The lowest BCUT2D eigenvalue weighted by molar-refractivity contribution is 0.482. The minimum atomic E-state index is -3.62. The molecule has 0 aliphatic heterocycles. The normalized spacial score (nSPS) is 13.8. The Bertz CT molecular complexity index is 515. The number of hydrogen-bond acceptors (Lipinski definition) is 3. The van der Waals surface area contributed by atoms with Gasteiger partial charge in [0.15, 0.2) is 0 Å². The molecule has 1 atom stereocenters. The van der Waals surface area contributed by atoms with E-state index >= 15 is 0 Å². The van der Waals surface area contributed by atoms with E-state index in [1.165, 1.54) is 12.1 Å². The van der Waals surface area contributed by atoms with Crippen molar-refractivity contribution >= 4 is 27.3 Å². The van der Waals surface area contributed by atoms with E-state index in [9.17, 15) is 8.42 Å². The molecule has 0 heterocycles. The molecule has 1 unspecified atom stereocenters. The first-order valence-corrected chi connectivity index (χ1v) is 7.66. The summed E-state index contributed by atoms with van der Waals surface area (Å²) in [6, 6.07) is 4.27. The maximum absolute atomic E-state index is 12.1. The first kappa shape index (κ1) is 15.3. The molecule has 6 heteroatoms. The van der Waals surface area contributed by atoms with Crippen LogP contribution in [-0.2, 0) is 10.0 Å². The SMILES string of the molecule is CC(C)CC(C)NS(=O)(=O)c1cc(Cl)ccc1N. The fourth-order valence-electron chi connectivity index (χ4n) is 1.82. The van der Waals surface area contributed by atoms with Crippen LogP contribution in [-0.4, -0.2) is 14.5 Å². The molecular weight excluding hydrogens is 272 g/mol. The number of nitrogen functional groups attached to an aromatic ring is 1. The number of halogens is 1. The average molecular weight is 291 g/mol. The van der Waals surface area contributed by atoms with Gasteiger partial charge in [0.25, 0.3) is 0 Å². The van der Waals surface area contributed by atoms with Gasteiger partial charge in [0.1, 0.15) is 4.90 Å². The van der Waals surface area contributed by atoms with E-state index in [0.29, 0.717) is 10.9 Å². The number of benzene rings is 1. The second kappa shape index (κ2) is 5.91. The summed E-state index contributed by atoms with van der Waals surface area (Å²) in [7, 11) is -3.62. The first-order chi connectivity index (χ1) is 8.22. The molecule has 102 valence electrons. The summed E-state index contributed by atoms with van der Waals surface area (Å²) in [6.45, 7) is 5.91. The molecule has 0 saturated carbocycles. The van der Waals surface area contributed by atoms with Crippen molar-refractivity contribution in [1.29, 1.82) is 0 Å². The first-order valence-electron chi connectivity index (χ1n) is 5.79. The molecule has 4 nitrogen and oxygen atoms in total. The Balaban J connectivity index is 2.96. The van der Waals surface area contributed by atoms with Crippen molar-refractivity contribution in [3.05, 3.63) is 23.2 Å². The van der Waals surface area contributed by atoms with Crippen molar-refractivity contribution in [2.75, 3.05) is 5.73 Å². The van der Waals surface area contributed by atoms with Gasteiger partial charge in [-0.05, 0) is 37.5 Å². The lowest BCUT2D eigenvalue weighted by Gasteiger charge is -2.17. The van der Waals surface area contributed by atoms with Gasteiger partial charge in [-0.25, -0.2) is 13.1 Å². The molecule has 1 aromatic rings. The quantitative estimate of drug-likeness (QED) is 0.819. The molecule has 0 bridgehead atoms. The molecule has 0 amide bonds. The standard InChI is InChI=1S/C12H19ClN2O2S/c1-8(2)6-9(3)15-18(16,17)12-7-10(13)4-5-11(12)14/h4-5,7-9,15H,6,14H2,1-3H3. The second-order valence-electron chi connectivity index (χ2n) is 4.83. The van der Waals surface area contributed by atoms with Gasteiger partial charge in [-0.1, -0.05) is 25.4 Å². The average Bonchev–Trinajstić information content (AvgIpc) is 2.19. The Kier molecular flexibility index (Phi) is 5.01. The van der Waals surface area contributed by atoms with Crippen LogP contribution in [0.5, 0.6) is 0 Å². The van der Waals surface area contributed by atoms with E-state index in [-0.39, 0.29) is 16.6 Å². The van der Waals surface area contributed by atoms with Crippen LogP contribution in [0, 0.1) is 5.92 Å². The van der Waals surface area contributed by atoms with E-state index in [1.807, 2.05) is 20.8 Å². The lowest BCUT2D eigenvalue weighted by atomic mass is 10.1. The number of nitrogens with two attached hydrogens (primary N) is 1. The van der Waals surface area contributed by atoms with E-state index in [4.69, 9.17) is 17.3 Å². The molecule has 0 radical (unpaired) electrons. The Morgan fingerprint density at radius 2 is 1.94 bits per heavy atom. The number of anilines is 1. The van der Waals surface area contributed by atoms with Crippen LogP contribution < -0.4 is 10.5 Å². The van der Waals surface area contributed by atoms with Gasteiger partial charge in [-0.15, -0.1) is 0 Å². The van der Waals surface area contributed by atoms with Crippen LogP contribution in [0.4, 0.5) is 5.69 Å². The van der Waals surface area contributed by atoms with E-state index < -0.39 is 10.0 Å². The molecule has 0 spiro atoms. The van der Waals surface area contributed by atoms with Crippen LogP contribution in [0.1, 0.15) is 27.2 Å². The van der Waals surface area contributed by atoms with Crippen molar-refractivity contribution in [3.8, 4) is 0 Å². The van der Waals surface area contributed by atoms with Crippen molar-refractivity contribution in [1.82, 2.24) is 4.72 Å². The minimum absolute atomic E-state index is 0.0330. The topological polar surface area (TPSA) is 72.2 Å². The van der Waals surface area contributed by atoms with Crippen molar-refractivity contribution in [2.24, 2.45) is 5.92 Å². The number of rotatable bonds is 5. The largest absolute Gasteiger partial charge is 0.398 e. The van der Waals surface area contributed by atoms with Gasteiger partial charge >= 0.3 is 0 Å².